The molecule has 2 aromatic rings. The van der Waals surface area contributed by atoms with Crippen LogP contribution in [0.15, 0.2) is 66.7 Å². The smallest absolute Gasteiger partial charge is 0.163 e. The third kappa shape index (κ3) is 2.58. The molecule has 2 aromatic carbocycles. The second-order valence-electron chi connectivity index (χ2n) is 4.56. The molecule has 0 unspecified atom stereocenters. The van der Waals surface area contributed by atoms with E-state index in [-0.39, 0.29) is 11.9 Å². The van der Waals surface area contributed by atoms with Crippen molar-refractivity contribution in [3.63, 3.8) is 0 Å². The SMILES string of the molecule is O=C1C=C(c2ccccc2)O[C@H](c2ccccc2)C1. The molecule has 1 aliphatic heterocycles. The van der Waals surface area contributed by atoms with Crippen LogP contribution in [0.2, 0.25) is 0 Å². The highest BCUT2D eigenvalue weighted by atomic mass is 16.5. The van der Waals surface area contributed by atoms with E-state index in [1.807, 2.05) is 60.7 Å². The summed E-state index contributed by atoms with van der Waals surface area (Å²) in [5, 5.41) is 0. The Bertz CT molecular complexity index is 600. The lowest BCUT2D eigenvalue weighted by Gasteiger charge is -2.24. The molecule has 2 nitrogen and oxygen atoms in total. The van der Waals surface area contributed by atoms with Crippen LogP contribution in [-0.4, -0.2) is 5.78 Å². The minimum absolute atomic E-state index is 0.110. The van der Waals surface area contributed by atoms with Gasteiger partial charge in [0.25, 0.3) is 0 Å². The number of allylic oxidation sites excluding steroid dienone is 1. The summed E-state index contributed by atoms with van der Waals surface area (Å²) >= 11 is 0. The van der Waals surface area contributed by atoms with Gasteiger partial charge >= 0.3 is 0 Å². The number of benzene rings is 2. The number of ether oxygens (including phenoxy) is 1. The predicted octanol–water partition coefficient (Wildman–Crippen LogP) is 3.76. The first kappa shape index (κ1) is 11.7. The lowest BCUT2D eigenvalue weighted by Crippen LogP contribution is -2.14. The van der Waals surface area contributed by atoms with Crippen molar-refractivity contribution in [2.75, 3.05) is 0 Å². The van der Waals surface area contributed by atoms with Gasteiger partial charge in [-0.05, 0) is 5.56 Å². The van der Waals surface area contributed by atoms with Gasteiger partial charge in [0, 0.05) is 11.6 Å². The van der Waals surface area contributed by atoms with E-state index in [0.29, 0.717) is 12.2 Å². The normalized spacial score (nSPS) is 18.6. The second kappa shape index (κ2) is 5.11. The molecule has 0 aromatic heterocycles. The van der Waals surface area contributed by atoms with Crippen molar-refractivity contribution in [3.8, 4) is 0 Å². The molecule has 0 radical (unpaired) electrons. The van der Waals surface area contributed by atoms with Gasteiger partial charge in [-0.2, -0.15) is 0 Å². The molecule has 2 heteroatoms. The lowest BCUT2D eigenvalue weighted by atomic mass is 10.00. The average molecular weight is 250 g/mol. The number of hydrogen-bond donors (Lipinski definition) is 0. The Balaban J connectivity index is 1.90. The van der Waals surface area contributed by atoms with Crippen LogP contribution in [0.1, 0.15) is 23.7 Å². The van der Waals surface area contributed by atoms with Gasteiger partial charge in [-0.3, -0.25) is 4.79 Å². The van der Waals surface area contributed by atoms with Gasteiger partial charge < -0.3 is 4.74 Å². The van der Waals surface area contributed by atoms with E-state index in [2.05, 4.69) is 0 Å². The van der Waals surface area contributed by atoms with E-state index < -0.39 is 0 Å². The summed E-state index contributed by atoms with van der Waals surface area (Å²) < 4.78 is 5.97. The van der Waals surface area contributed by atoms with Crippen LogP contribution in [0.3, 0.4) is 0 Å². The number of ketones is 1. The summed E-state index contributed by atoms with van der Waals surface area (Å²) in [5.41, 5.74) is 1.98. The molecule has 1 atom stereocenters. The largest absolute Gasteiger partial charge is 0.485 e. The molecule has 0 saturated heterocycles. The minimum atomic E-state index is -0.186. The van der Waals surface area contributed by atoms with Crippen LogP contribution in [0.25, 0.3) is 5.76 Å². The van der Waals surface area contributed by atoms with E-state index >= 15 is 0 Å². The number of hydrogen-bond acceptors (Lipinski definition) is 2. The Morgan fingerprint density at radius 1 is 0.895 bits per heavy atom. The molecule has 1 aliphatic rings. The van der Waals surface area contributed by atoms with E-state index in [0.717, 1.165) is 11.1 Å². The molecule has 0 amide bonds. The van der Waals surface area contributed by atoms with E-state index in [1.165, 1.54) is 0 Å². The lowest BCUT2D eigenvalue weighted by molar-refractivity contribution is -0.117. The molecule has 94 valence electrons. The van der Waals surface area contributed by atoms with E-state index in [4.69, 9.17) is 4.74 Å². The van der Waals surface area contributed by atoms with Gasteiger partial charge in [0.15, 0.2) is 5.78 Å². The van der Waals surface area contributed by atoms with Gasteiger partial charge in [-0.1, -0.05) is 60.7 Å². The zero-order valence-corrected chi connectivity index (χ0v) is 10.5. The highest BCUT2D eigenvalue weighted by Gasteiger charge is 2.23. The van der Waals surface area contributed by atoms with Crippen LogP contribution in [0.4, 0.5) is 0 Å². The summed E-state index contributed by atoms with van der Waals surface area (Å²) in [5.74, 6) is 0.768. The molecule has 19 heavy (non-hydrogen) atoms. The third-order valence-corrected chi connectivity index (χ3v) is 3.18. The van der Waals surface area contributed by atoms with Crippen molar-refractivity contribution in [3.05, 3.63) is 77.9 Å². The molecule has 0 N–H and O–H groups in total. The van der Waals surface area contributed by atoms with Crippen molar-refractivity contribution in [2.24, 2.45) is 0 Å². The maximum atomic E-state index is 11.9. The van der Waals surface area contributed by atoms with E-state index in [9.17, 15) is 4.79 Å². The summed E-state index contributed by atoms with van der Waals surface area (Å²) in [6, 6.07) is 19.6. The zero-order valence-electron chi connectivity index (χ0n) is 10.5. The molecular weight excluding hydrogens is 236 g/mol. The monoisotopic (exact) mass is 250 g/mol. The van der Waals surface area contributed by atoms with Gasteiger partial charge in [-0.15, -0.1) is 0 Å². The molecule has 0 saturated carbocycles. The van der Waals surface area contributed by atoms with Crippen molar-refractivity contribution in [2.45, 2.75) is 12.5 Å². The Morgan fingerprint density at radius 2 is 1.53 bits per heavy atom. The second-order valence-corrected chi connectivity index (χ2v) is 4.56. The van der Waals surface area contributed by atoms with Crippen LogP contribution >= 0.6 is 0 Å². The Labute approximate surface area is 112 Å². The predicted molar refractivity (Wildman–Crippen MR) is 74.3 cm³/mol. The highest BCUT2D eigenvalue weighted by molar-refractivity contribution is 5.97. The third-order valence-electron chi connectivity index (χ3n) is 3.18. The molecular formula is C17H14O2. The average Bonchev–Trinajstić information content (AvgIpc) is 2.48. The number of carbonyl (C=O) groups is 1. The topological polar surface area (TPSA) is 26.3 Å². The molecule has 1 heterocycles. The first-order chi connectivity index (χ1) is 9.33. The summed E-state index contributed by atoms with van der Waals surface area (Å²) in [6.45, 7) is 0. The van der Waals surface area contributed by atoms with Crippen molar-refractivity contribution >= 4 is 11.5 Å². The summed E-state index contributed by atoms with van der Waals surface area (Å²) in [4.78, 5) is 11.9. The first-order valence-corrected chi connectivity index (χ1v) is 6.34. The van der Waals surface area contributed by atoms with Crippen LogP contribution in [-0.2, 0) is 9.53 Å². The Kier molecular flexibility index (Phi) is 3.15. The minimum Gasteiger partial charge on any atom is -0.485 e. The van der Waals surface area contributed by atoms with Gasteiger partial charge in [0.2, 0.25) is 0 Å². The van der Waals surface area contributed by atoms with Crippen LogP contribution in [0, 0.1) is 0 Å². The molecule has 3 rings (SSSR count). The fourth-order valence-electron chi connectivity index (χ4n) is 2.22. The Hall–Kier alpha value is -2.35. The molecule has 0 fully saturated rings. The zero-order chi connectivity index (χ0) is 13.1. The van der Waals surface area contributed by atoms with Crippen molar-refractivity contribution < 1.29 is 9.53 Å². The first-order valence-electron chi connectivity index (χ1n) is 6.34. The molecule has 0 aliphatic carbocycles. The highest BCUT2D eigenvalue weighted by Crippen LogP contribution is 2.32. The van der Waals surface area contributed by atoms with Gasteiger partial charge in [0.05, 0.1) is 6.42 Å². The molecule has 0 bridgehead atoms. The van der Waals surface area contributed by atoms with Crippen LogP contribution < -0.4 is 0 Å². The Morgan fingerprint density at radius 3 is 2.21 bits per heavy atom. The summed E-state index contributed by atoms with van der Waals surface area (Å²) in [7, 11) is 0. The maximum absolute atomic E-state index is 11.9. The van der Waals surface area contributed by atoms with Gasteiger partial charge in [-0.25, -0.2) is 0 Å². The van der Waals surface area contributed by atoms with E-state index in [1.54, 1.807) is 6.08 Å². The van der Waals surface area contributed by atoms with Crippen LogP contribution in [0.5, 0.6) is 0 Å². The maximum Gasteiger partial charge on any atom is 0.163 e. The number of carbonyl (C=O) groups excluding carboxylic acids is 1. The fourth-order valence-corrected chi connectivity index (χ4v) is 2.22. The summed E-state index contributed by atoms with van der Waals surface area (Å²) in [6.07, 6.45) is 1.81. The van der Waals surface area contributed by atoms with Crippen molar-refractivity contribution in [1.82, 2.24) is 0 Å². The van der Waals surface area contributed by atoms with Gasteiger partial charge in [0.1, 0.15) is 11.9 Å². The quantitative estimate of drug-likeness (QED) is 0.811. The van der Waals surface area contributed by atoms with Crippen molar-refractivity contribution in [1.29, 1.82) is 0 Å². The standard InChI is InChI=1S/C17H14O2/c18-15-11-16(13-7-3-1-4-8-13)19-17(12-15)14-9-5-2-6-10-14/h1-11,17H,12H2/t17-/m0/s1. The number of rotatable bonds is 2. The fraction of sp³-hybridized carbons (Fsp3) is 0.118. The molecule has 0 spiro atoms.